The van der Waals surface area contributed by atoms with E-state index in [9.17, 15) is 14.4 Å². The Morgan fingerprint density at radius 3 is 2.59 bits per heavy atom. The van der Waals surface area contributed by atoms with Crippen molar-refractivity contribution < 1.29 is 14.4 Å². The van der Waals surface area contributed by atoms with Crippen LogP contribution in [-0.2, 0) is 14.4 Å². The van der Waals surface area contributed by atoms with Gasteiger partial charge in [0.25, 0.3) is 5.91 Å². The Labute approximate surface area is 132 Å². The van der Waals surface area contributed by atoms with Gasteiger partial charge in [0.15, 0.2) is 6.17 Å². The molecule has 0 aromatic rings. The van der Waals surface area contributed by atoms with Gasteiger partial charge in [-0.1, -0.05) is 31.8 Å². The first kappa shape index (κ1) is 18.4. The summed E-state index contributed by atoms with van der Waals surface area (Å²) in [6.07, 6.45) is 9.19. The van der Waals surface area contributed by atoms with Crippen molar-refractivity contribution in [2.45, 2.75) is 57.5 Å². The van der Waals surface area contributed by atoms with Gasteiger partial charge in [0.2, 0.25) is 11.8 Å². The number of hydrogen-bond acceptors (Lipinski definition) is 4. The van der Waals surface area contributed by atoms with Crippen LogP contribution in [0.5, 0.6) is 0 Å². The van der Waals surface area contributed by atoms with E-state index in [4.69, 9.17) is 0 Å². The Morgan fingerprint density at radius 2 is 1.91 bits per heavy atom. The number of amides is 3. The summed E-state index contributed by atoms with van der Waals surface area (Å²) >= 11 is 0. The minimum Gasteiger partial charge on any atom is -0.332 e. The molecule has 1 heterocycles. The topological polar surface area (TPSA) is 78.5 Å². The Bertz CT molecular complexity index is 409. The van der Waals surface area contributed by atoms with Crippen molar-refractivity contribution in [1.82, 2.24) is 15.5 Å². The van der Waals surface area contributed by atoms with Crippen molar-refractivity contribution in [2.24, 2.45) is 0 Å². The van der Waals surface area contributed by atoms with Gasteiger partial charge in [-0.05, 0) is 19.3 Å². The summed E-state index contributed by atoms with van der Waals surface area (Å²) in [4.78, 5) is 35.9. The fraction of sp³-hybridized carbons (Fsp3) is 0.688. The van der Waals surface area contributed by atoms with Crippen molar-refractivity contribution >= 4 is 17.7 Å². The minimum absolute atomic E-state index is 0.0674. The van der Waals surface area contributed by atoms with Crippen molar-refractivity contribution in [2.75, 3.05) is 13.6 Å². The van der Waals surface area contributed by atoms with Gasteiger partial charge in [-0.3, -0.25) is 24.6 Å². The summed E-state index contributed by atoms with van der Waals surface area (Å²) in [5.41, 5.74) is 0. The Hall–Kier alpha value is -1.69. The van der Waals surface area contributed by atoms with Crippen molar-refractivity contribution in [3.63, 3.8) is 0 Å². The first-order valence-electron chi connectivity index (χ1n) is 8.00. The lowest BCUT2D eigenvalue weighted by Gasteiger charge is -2.29. The standard InChI is InChI=1S/C16H27N3O3/c1-3-4-5-6-7-8-9-10-11-13(20)18-15-16(22)19(2)14(21)12-17-15/h3,15,17H,1,4-12H2,2H3,(H,18,20)/t15-/m0/s1. The molecule has 1 fully saturated rings. The largest absolute Gasteiger partial charge is 0.332 e. The second kappa shape index (κ2) is 10.1. The summed E-state index contributed by atoms with van der Waals surface area (Å²) in [5.74, 6) is -0.848. The van der Waals surface area contributed by atoms with E-state index >= 15 is 0 Å². The second-order valence-corrected chi connectivity index (χ2v) is 5.62. The zero-order valence-corrected chi connectivity index (χ0v) is 13.4. The zero-order valence-electron chi connectivity index (χ0n) is 13.4. The first-order valence-corrected chi connectivity index (χ1v) is 8.00. The SMILES string of the molecule is C=CCCCCCCCCC(=O)N[C@@H]1NCC(=O)N(C)C1=O. The molecule has 6 nitrogen and oxygen atoms in total. The van der Waals surface area contributed by atoms with Crippen LogP contribution in [0.15, 0.2) is 12.7 Å². The van der Waals surface area contributed by atoms with Gasteiger partial charge in [0.1, 0.15) is 0 Å². The third kappa shape index (κ3) is 6.39. The van der Waals surface area contributed by atoms with Crippen molar-refractivity contribution in [3.8, 4) is 0 Å². The third-order valence-corrected chi connectivity index (χ3v) is 3.78. The summed E-state index contributed by atoms with van der Waals surface area (Å²) in [5, 5.41) is 5.36. The molecule has 1 aliphatic heterocycles. The number of hydrogen-bond donors (Lipinski definition) is 2. The fourth-order valence-electron chi connectivity index (χ4n) is 2.34. The average molecular weight is 309 g/mol. The number of unbranched alkanes of at least 4 members (excludes halogenated alkanes) is 6. The molecule has 2 N–H and O–H groups in total. The highest BCUT2D eigenvalue weighted by Gasteiger charge is 2.31. The average Bonchev–Trinajstić information content (AvgIpc) is 2.50. The van der Waals surface area contributed by atoms with Gasteiger partial charge in [0.05, 0.1) is 6.54 Å². The predicted octanol–water partition coefficient (Wildman–Crippen LogP) is 1.32. The molecule has 0 spiro atoms. The molecule has 0 saturated carbocycles. The lowest BCUT2D eigenvalue weighted by molar-refractivity contribution is -0.149. The van der Waals surface area contributed by atoms with Crippen molar-refractivity contribution in [3.05, 3.63) is 12.7 Å². The Morgan fingerprint density at radius 1 is 1.27 bits per heavy atom. The number of nitrogens with zero attached hydrogens (tertiary/aromatic N) is 1. The van der Waals surface area contributed by atoms with Crippen LogP contribution in [0.1, 0.15) is 51.4 Å². The normalized spacial score (nSPS) is 18.4. The zero-order chi connectivity index (χ0) is 16.4. The maximum Gasteiger partial charge on any atom is 0.266 e. The number of piperazine rings is 1. The van der Waals surface area contributed by atoms with E-state index in [-0.39, 0.29) is 18.4 Å². The van der Waals surface area contributed by atoms with E-state index in [0.29, 0.717) is 6.42 Å². The Kier molecular flexibility index (Phi) is 8.43. The summed E-state index contributed by atoms with van der Waals surface area (Å²) in [6, 6.07) is 0. The molecule has 0 unspecified atom stereocenters. The van der Waals surface area contributed by atoms with E-state index in [1.54, 1.807) is 0 Å². The third-order valence-electron chi connectivity index (χ3n) is 3.78. The van der Waals surface area contributed by atoms with E-state index in [1.807, 2.05) is 6.08 Å². The van der Waals surface area contributed by atoms with Gasteiger partial charge < -0.3 is 5.32 Å². The molecule has 6 heteroatoms. The van der Waals surface area contributed by atoms with Crippen molar-refractivity contribution in [1.29, 1.82) is 0 Å². The van der Waals surface area contributed by atoms with Gasteiger partial charge in [-0.15, -0.1) is 6.58 Å². The molecular formula is C16H27N3O3. The van der Waals surface area contributed by atoms with Crippen LogP contribution in [0.3, 0.4) is 0 Å². The summed E-state index contributed by atoms with van der Waals surface area (Å²) in [7, 11) is 1.43. The van der Waals surface area contributed by atoms with Crippen LogP contribution in [0.25, 0.3) is 0 Å². The first-order chi connectivity index (χ1) is 10.6. The molecule has 0 aromatic carbocycles. The van der Waals surface area contributed by atoms with Gasteiger partial charge in [-0.2, -0.15) is 0 Å². The van der Waals surface area contributed by atoms with Crippen LogP contribution in [0.2, 0.25) is 0 Å². The summed E-state index contributed by atoms with van der Waals surface area (Å²) in [6.45, 7) is 3.76. The van der Waals surface area contributed by atoms with E-state index in [0.717, 1.165) is 30.6 Å². The molecule has 1 atom stereocenters. The molecule has 1 saturated heterocycles. The van der Waals surface area contributed by atoms with Crippen LogP contribution in [0.4, 0.5) is 0 Å². The quantitative estimate of drug-likeness (QED) is 0.362. The molecule has 0 aliphatic carbocycles. The van der Waals surface area contributed by atoms with Gasteiger partial charge >= 0.3 is 0 Å². The molecule has 0 bridgehead atoms. The molecule has 3 amide bonds. The van der Waals surface area contributed by atoms with Gasteiger partial charge in [-0.25, -0.2) is 0 Å². The van der Waals surface area contributed by atoms with E-state index in [2.05, 4.69) is 17.2 Å². The number of likely N-dealkylation sites (N-methyl/N-ethyl adjacent to an activating group) is 1. The predicted molar refractivity (Wildman–Crippen MR) is 84.8 cm³/mol. The summed E-state index contributed by atoms with van der Waals surface area (Å²) < 4.78 is 0. The minimum atomic E-state index is -0.783. The molecule has 0 aromatic heterocycles. The molecule has 1 aliphatic rings. The lowest BCUT2D eigenvalue weighted by Crippen LogP contribution is -2.63. The fourth-order valence-corrected chi connectivity index (χ4v) is 2.34. The van der Waals surface area contributed by atoms with E-state index in [1.165, 1.54) is 26.3 Å². The van der Waals surface area contributed by atoms with Crippen LogP contribution in [0, 0.1) is 0 Å². The van der Waals surface area contributed by atoms with Crippen LogP contribution < -0.4 is 10.6 Å². The molecule has 22 heavy (non-hydrogen) atoms. The lowest BCUT2D eigenvalue weighted by atomic mass is 10.1. The number of allylic oxidation sites excluding steroid dienone is 1. The van der Waals surface area contributed by atoms with E-state index < -0.39 is 12.1 Å². The smallest absolute Gasteiger partial charge is 0.266 e. The Balaban J connectivity index is 2.10. The van der Waals surface area contributed by atoms with Gasteiger partial charge in [0, 0.05) is 13.5 Å². The number of carbonyl (C=O) groups is 3. The maximum atomic E-state index is 11.8. The monoisotopic (exact) mass is 309 g/mol. The highest BCUT2D eigenvalue weighted by atomic mass is 16.2. The highest BCUT2D eigenvalue weighted by Crippen LogP contribution is 2.09. The molecular weight excluding hydrogens is 282 g/mol. The molecule has 1 rings (SSSR count). The number of imide groups is 1. The highest BCUT2D eigenvalue weighted by molar-refractivity contribution is 6.01. The molecule has 124 valence electrons. The second-order valence-electron chi connectivity index (χ2n) is 5.62. The number of carbonyl (C=O) groups excluding carboxylic acids is 3. The maximum absolute atomic E-state index is 11.8. The molecule has 0 radical (unpaired) electrons. The van der Waals surface area contributed by atoms with Crippen LogP contribution in [-0.4, -0.2) is 42.4 Å². The number of nitrogens with one attached hydrogen (secondary N) is 2. The number of rotatable bonds is 10. The van der Waals surface area contributed by atoms with Crippen LogP contribution >= 0.6 is 0 Å².